The molecule has 0 saturated heterocycles. The number of nitrogens with two attached hydrogens (primary N) is 1. The van der Waals surface area contributed by atoms with Gasteiger partial charge in [0.25, 0.3) is 0 Å². The molecule has 0 atom stereocenters. The fraction of sp³-hybridized carbons (Fsp3) is 0.923. The number of nitrogens with one attached hydrogen (secondary N) is 1. The highest BCUT2D eigenvalue weighted by atomic mass is 16.5. The first-order chi connectivity index (χ1) is 8.34. The predicted octanol–water partition coefficient (Wildman–Crippen LogP) is 1.51. The number of aliphatic imine (C=N–C) groups is 1. The number of rotatable bonds is 8. The first-order valence-electron chi connectivity index (χ1n) is 6.96. The average Bonchev–Trinajstić information content (AvgIpc) is 3.05. The highest BCUT2D eigenvalue weighted by Crippen LogP contribution is 2.28. The van der Waals surface area contributed by atoms with Crippen LogP contribution in [-0.2, 0) is 4.74 Å². The van der Waals surface area contributed by atoms with E-state index in [1.165, 1.54) is 32.1 Å². The van der Waals surface area contributed by atoms with Gasteiger partial charge in [0, 0.05) is 26.3 Å². The summed E-state index contributed by atoms with van der Waals surface area (Å²) >= 11 is 0. The van der Waals surface area contributed by atoms with Gasteiger partial charge in [0.2, 0.25) is 0 Å². The molecule has 0 amide bonds. The summed E-state index contributed by atoms with van der Waals surface area (Å²) in [6, 6.07) is 0. The molecule has 0 aromatic rings. The van der Waals surface area contributed by atoms with Crippen molar-refractivity contribution in [2.24, 2.45) is 22.6 Å². The van der Waals surface area contributed by atoms with Crippen LogP contribution in [0.5, 0.6) is 0 Å². The van der Waals surface area contributed by atoms with Crippen LogP contribution in [0.15, 0.2) is 4.99 Å². The number of nitrogens with zero attached hydrogens (tertiary/aromatic N) is 1. The van der Waals surface area contributed by atoms with Gasteiger partial charge in [-0.05, 0) is 43.9 Å². The summed E-state index contributed by atoms with van der Waals surface area (Å²) in [6.45, 7) is 3.55. The van der Waals surface area contributed by atoms with E-state index in [-0.39, 0.29) is 0 Å². The lowest BCUT2D eigenvalue weighted by atomic mass is 9.86. The van der Waals surface area contributed by atoms with Crippen LogP contribution in [0.4, 0.5) is 0 Å². The van der Waals surface area contributed by atoms with E-state index in [1.807, 2.05) is 0 Å². The Hall–Kier alpha value is -0.770. The molecule has 2 aliphatic carbocycles. The second-order valence-electron chi connectivity index (χ2n) is 5.32. The first kappa shape index (κ1) is 12.7. The van der Waals surface area contributed by atoms with Crippen molar-refractivity contribution in [1.82, 2.24) is 5.32 Å². The molecule has 2 fully saturated rings. The zero-order valence-corrected chi connectivity index (χ0v) is 10.7. The largest absolute Gasteiger partial charge is 0.381 e. The fourth-order valence-corrected chi connectivity index (χ4v) is 1.88. The Morgan fingerprint density at radius 2 is 2.06 bits per heavy atom. The first-order valence-corrected chi connectivity index (χ1v) is 6.96. The maximum atomic E-state index is 5.77. The van der Waals surface area contributed by atoms with E-state index < -0.39 is 0 Å². The van der Waals surface area contributed by atoms with Gasteiger partial charge in [0.15, 0.2) is 5.96 Å². The molecule has 3 N–H and O–H groups in total. The summed E-state index contributed by atoms with van der Waals surface area (Å²) in [4.78, 5) is 4.34. The molecule has 0 aromatic carbocycles. The van der Waals surface area contributed by atoms with E-state index in [2.05, 4.69) is 10.3 Å². The second kappa shape index (κ2) is 6.84. The van der Waals surface area contributed by atoms with E-state index >= 15 is 0 Å². The minimum absolute atomic E-state index is 0.596. The van der Waals surface area contributed by atoms with Gasteiger partial charge in [-0.15, -0.1) is 0 Å². The summed E-state index contributed by atoms with van der Waals surface area (Å²) in [5.41, 5.74) is 5.77. The molecule has 17 heavy (non-hydrogen) atoms. The summed E-state index contributed by atoms with van der Waals surface area (Å²) in [7, 11) is 0. The van der Waals surface area contributed by atoms with E-state index in [9.17, 15) is 0 Å². The Labute approximate surface area is 104 Å². The molecule has 4 nitrogen and oxygen atoms in total. The molecule has 0 bridgehead atoms. The van der Waals surface area contributed by atoms with Gasteiger partial charge in [0.1, 0.15) is 0 Å². The molecular weight excluding hydrogens is 214 g/mol. The van der Waals surface area contributed by atoms with Crippen molar-refractivity contribution in [3.63, 3.8) is 0 Å². The van der Waals surface area contributed by atoms with Gasteiger partial charge < -0.3 is 15.8 Å². The number of guanidine groups is 1. The Balaban J connectivity index is 1.40. The molecule has 4 heteroatoms. The van der Waals surface area contributed by atoms with Crippen molar-refractivity contribution >= 4 is 5.96 Å². The zero-order chi connectivity index (χ0) is 11.9. The Morgan fingerprint density at radius 1 is 1.24 bits per heavy atom. The van der Waals surface area contributed by atoms with Crippen LogP contribution in [-0.4, -0.2) is 32.3 Å². The topological polar surface area (TPSA) is 59.6 Å². The second-order valence-corrected chi connectivity index (χ2v) is 5.32. The summed E-state index contributed by atoms with van der Waals surface area (Å²) < 4.78 is 5.54. The SMILES string of the molecule is NC(=NCC1CCC1)NCCCOCC1CC1. The van der Waals surface area contributed by atoms with Crippen LogP contribution < -0.4 is 11.1 Å². The lowest BCUT2D eigenvalue weighted by Gasteiger charge is -2.23. The van der Waals surface area contributed by atoms with E-state index in [0.29, 0.717) is 5.96 Å². The highest BCUT2D eigenvalue weighted by Gasteiger charge is 2.20. The van der Waals surface area contributed by atoms with Crippen LogP contribution in [0.1, 0.15) is 38.5 Å². The van der Waals surface area contributed by atoms with Crippen LogP contribution in [0.25, 0.3) is 0 Å². The quantitative estimate of drug-likeness (QED) is 0.383. The van der Waals surface area contributed by atoms with Gasteiger partial charge in [0.05, 0.1) is 0 Å². The molecule has 0 spiro atoms. The highest BCUT2D eigenvalue weighted by molar-refractivity contribution is 5.77. The van der Waals surface area contributed by atoms with Crippen molar-refractivity contribution < 1.29 is 4.74 Å². The van der Waals surface area contributed by atoms with Crippen LogP contribution >= 0.6 is 0 Å². The molecule has 0 unspecified atom stereocenters. The molecule has 2 saturated carbocycles. The van der Waals surface area contributed by atoms with Gasteiger partial charge >= 0.3 is 0 Å². The molecule has 98 valence electrons. The third-order valence-corrected chi connectivity index (χ3v) is 3.57. The van der Waals surface area contributed by atoms with Gasteiger partial charge in [-0.2, -0.15) is 0 Å². The number of hydrogen-bond acceptors (Lipinski definition) is 2. The number of ether oxygens (including phenoxy) is 1. The van der Waals surface area contributed by atoms with Crippen molar-refractivity contribution in [2.45, 2.75) is 38.5 Å². The van der Waals surface area contributed by atoms with Crippen molar-refractivity contribution in [2.75, 3.05) is 26.3 Å². The molecular formula is C13H25N3O. The Morgan fingerprint density at radius 3 is 2.71 bits per heavy atom. The molecule has 2 aliphatic rings. The molecule has 0 aliphatic heterocycles. The van der Waals surface area contributed by atoms with E-state index in [0.717, 1.165) is 44.6 Å². The van der Waals surface area contributed by atoms with Crippen LogP contribution in [0.2, 0.25) is 0 Å². The van der Waals surface area contributed by atoms with Crippen LogP contribution in [0.3, 0.4) is 0 Å². The minimum Gasteiger partial charge on any atom is -0.381 e. The summed E-state index contributed by atoms with van der Waals surface area (Å²) in [6.07, 6.45) is 7.74. The third-order valence-electron chi connectivity index (χ3n) is 3.57. The monoisotopic (exact) mass is 239 g/mol. The molecule has 0 aromatic heterocycles. The smallest absolute Gasteiger partial charge is 0.188 e. The Bertz CT molecular complexity index is 247. The molecule has 2 rings (SSSR count). The zero-order valence-electron chi connectivity index (χ0n) is 10.7. The molecule has 0 radical (unpaired) electrons. The summed E-state index contributed by atoms with van der Waals surface area (Å²) in [5.74, 6) is 2.24. The standard InChI is InChI=1S/C13H25N3O/c14-13(16-9-11-3-1-4-11)15-7-2-8-17-10-12-5-6-12/h11-12H,1-10H2,(H3,14,15,16). The third kappa shape index (κ3) is 5.39. The van der Waals surface area contributed by atoms with Gasteiger partial charge in [-0.3, -0.25) is 4.99 Å². The van der Waals surface area contributed by atoms with E-state index in [4.69, 9.17) is 10.5 Å². The van der Waals surface area contributed by atoms with Gasteiger partial charge in [-0.25, -0.2) is 0 Å². The van der Waals surface area contributed by atoms with Crippen molar-refractivity contribution in [3.05, 3.63) is 0 Å². The Kier molecular flexibility index (Phi) is 5.10. The molecule has 0 heterocycles. The lowest BCUT2D eigenvalue weighted by Crippen LogP contribution is -2.33. The predicted molar refractivity (Wildman–Crippen MR) is 70.0 cm³/mol. The number of hydrogen-bond donors (Lipinski definition) is 2. The fourth-order valence-electron chi connectivity index (χ4n) is 1.88. The lowest BCUT2D eigenvalue weighted by molar-refractivity contribution is 0.123. The minimum atomic E-state index is 0.596. The maximum absolute atomic E-state index is 5.77. The van der Waals surface area contributed by atoms with Gasteiger partial charge in [-0.1, -0.05) is 6.42 Å². The summed E-state index contributed by atoms with van der Waals surface area (Å²) in [5, 5.41) is 3.14. The van der Waals surface area contributed by atoms with Crippen molar-refractivity contribution in [1.29, 1.82) is 0 Å². The van der Waals surface area contributed by atoms with Crippen LogP contribution in [0, 0.1) is 11.8 Å². The average molecular weight is 239 g/mol. The maximum Gasteiger partial charge on any atom is 0.188 e. The normalized spacial score (nSPS) is 21.3. The van der Waals surface area contributed by atoms with Crippen molar-refractivity contribution in [3.8, 4) is 0 Å². The van der Waals surface area contributed by atoms with E-state index in [1.54, 1.807) is 0 Å².